The second-order valence-corrected chi connectivity index (χ2v) is 6.18. The van der Waals surface area contributed by atoms with Crippen molar-refractivity contribution >= 4 is 0 Å². The molecule has 0 aliphatic heterocycles. The van der Waals surface area contributed by atoms with E-state index in [0.29, 0.717) is 23.4 Å². The number of aliphatic hydroxyl groups excluding tert-OH is 1. The summed E-state index contributed by atoms with van der Waals surface area (Å²) in [6, 6.07) is 4.66. The molecular formula is C15H20F3NO. The fourth-order valence-electron chi connectivity index (χ4n) is 2.33. The maximum absolute atomic E-state index is 12.4. The molecule has 1 aromatic carbocycles. The van der Waals surface area contributed by atoms with Crippen molar-refractivity contribution in [2.45, 2.75) is 32.5 Å². The molecule has 1 fully saturated rings. The van der Waals surface area contributed by atoms with Gasteiger partial charge < -0.3 is 10.4 Å². The summed E-state index contributed by atoms with van der Waals surface area (Å²) >= 11 is 0. The summed E-state index contributed by atoms with van der Waals surface area (Å²) < 4.78 is 37.3. The largest absolute Gasteiger partial charge is 0.416 e. The van der Waals surface area contributed by atoms with E-state index >= 15 is 0 Å². The third-order valence-electron chi connectivity index (χ3n) is 4.07. The average Bonchev–Trinajstić information content (AvgIpc) is 2.96. The van der Waals surface area contributed by atoms with E-state index in [4.69, 9.17) is 0 Å². The van der Waals surface area contributed by atoms with Gasteiger partial charge >= 0.3 is 6.18 Å². The van der Waals surface area contributed by atoms with Gasteiger partial charge in [-0.1, -0.05) is 26.0 Å². The minimum Gasteiger partial charge on any atom is -0.387 e. The molecule has 0 heterocycles. The molecule has 2 nitrogen and oxygen atoms in total. The van der Waals surface area contributed by atoms with Crippen LogP contribution < -0.4 is 5.32 Å². The van der Waals surface area contributed by atoms with Gasteiger partial charge in [-0.05, 0) is 42.0 Å². The second kappa shape index (κ2) is 5.37. The molecule has 1 saturated carbocycles. The van der Waals surface area contributed by atoms with E-state index in [-0.39, 0.29) is 0 Å². The van der Waals surface area contributed by atoms with Gasteiger partial charge in [0.2, 0.25) is 0 Å². The highest BCUT2D eigenvalue weighted by Gasteiger charge is 2.44. The highest BCUT2D eigenvalue weighted by Crippen LogP contribution is 2.50. The van der Waals surface area contributed by atoms with Crippen LogP contribution in [0.15, 0.2) is 24.3 Å². The third-order valence-corrected chi connectivity index (χ3v) is 4.07. The predicted octanol–water partition coefficient (Wildman–Crippen LogP) is 3.37. The fraction of sp³-hybridized carbons (Fsp3) is 0.600. The Labute approximate surface area is 117 Å². The zero-order valence-electron chi connectivity index (χ0n) is 11.7. The Bertz CT molecular complexity index is 453. The molecule has 2 N–H and O–H groups in total. The maximum atomic E-state index is 12.4. The lowest BCUT2D eigenvalue weighted by Gasteiger charge is -2.14. The molecule has 0 bridgehead atoms. The van der Waals surface area contributed by atoms with E-state index in [1.807, 2.05) is 0 Å². The van der Waals surface area contributed by atoms with Gasteiger partial charge in [-0.25, -0.2) is 0 Å². The molecule has 0 saturated heterocycles. The summed E-state index contributed by atoms with van der Waals surface area (Å²) in [6.07, 6.45) is -3.94. The molecule has 1 aliphatic carbocycles. The van der Waals surface area contributed by atoms with Crippen molar-refractivity contribution in [3.8, 4) is 0 Å². The van der Waals surface area contributed by atoms with E-state index in [1.165, 1.54) is 18.6 Å². The van der Waals surface area contributed by atoms with Gasteiger partial charge in [-0.15, -0.1) is 0 Å². The normalized spacial score (nSPS) is 22.6. The summed E-state index contributed by atoms with van der Waals surface area (Å²) in [6.45, 7) is 5.60. The van der Waals surface area contributed by atoms with Crippen molar-refractivity contribution < 1.29 is 18.3 Å². The molecule has 0 amide bonds. The van der Waals surface area contributed by atoms with Gasteiger partial charge in [0, 0.05) is 6.54 Å². The van der Waals surface area contributed by atoms with Gasteiger partial charge in [0.15, 0.2) is 0 Å². The van der Waals surface area contributed by atoms with Crippen LogP contribution in [0.5, 0.6) is 0 Å². The van der Waals surface area contributed by atoms with Crippen molar-refractivity contribution in [1.29, 1.82) is 0 Å². The number of aliphatic hydroxyl groups is 1. The van der Waals surface area contributed by atoms with Crippen molar-refractivity contribution in [3.05, 3.63) is 35.4 Å². The highest BCUT2D eigenvalue weighted by atomic mass is 19.4. The molecule has 5 heteroatoms. The first kappa shape index (κ1) is 15.3. The van der Waals surface area contributed by atoms with Crippen LogP contribution in [0.2, 0.25) is 0 Å². The maximum Gasteiger partial charge on any atom is 0.416 e. The predicted molar refractivity (Wildman–Crippen MR) is 71.2 cm³/mol. The average molecular weight is 287 g/mol. The van der Waals surface area contributed by atoms with E-state index in [2.05, 4.69) is 19.2 Å². The molecule has 0 aromatic heterocycles. The zero-order chi connectivity index (χ0) is 15.0. The molecular weight excluding hydrogens is 267 g/mol. The summed E-state index contributed by atoms with van der Waals surface area (Å²) in [5.41, 5.74) is 0.188. The number of rotatable bonds is 5. The standard InChI is InChI=1S/C15H20F3NO/c1-14(2)7-12(14)8-19-9-13(20)10-3-5-11(6-4-10)15(16,17)18/h3-6,12-13,19-20H,7-9H2,1-2H3. The van der Waals surface area contributed by atoms with Crippen molar-refractivity contribution in [2.24, 2.45) is 11.3 Å². The van der Waals surface area contributed by atoms with E-state index in [1.54, 1.807) is 0 Å². The van der Waals surface area contributed by atoms with Crippen LogP contribution in [0.3, 0.4) is 0 Å². The van der Waals surface area contributed by atoms with Gasteiger partial charge in [0.25, 0.3) is 0 Å². The molecule has 0 spiro atoms. The van der Waals surface area contributed by atoms with Gasteiger partial charge in [0.05, 0.1) is 11.7 Å². The quantitative estimate of drug-likeness (QED) is 0.870. The van der Waals surface area contributed by atoms with Crippen molar-refractivity contribution in [3.63, 3.8) is 0 Å². The van der Waals surface area contributed by atoms with Crippen LogP contribution in [-0.2, 0) is 6.18 Å². The molecule has 1 aromatic rings. The van der Waals surface area contributed by atoms with Crippen molar-refractivity contribution in [1.82, 2.24) is 5.32 Å². The Kier molecular flexibility index (Phi) is 4.12. The Morgan fingerprint density at radius 1 is 1.30 bits per heavy atom. The smallest absolute Gasteiger partial charge is 0.387 e. The van der Waals surface area contributed by atoms with Gasteiger partial charge in [-0.3, -0.25) is 0 Å². The third kappa shape index (κ3) is 3.73. The number of benzene rings is 1. The highest BCUT2D eigenvalue weighted by molar-refractivity contribution is 5.26. The summed E-state index contributed by atoms with van der Waals surface area (Å²) in [5, 5.41) is 13.1. The molecule has 2 atom stereocenters. The van der Waals surface area contributed by atoms with E-state index < -0.39 is 17.8 Å². The Hall–Kier alpha value is -1.07. The summed E-state index contributed by atoms with van der Waals surface area (Å²) in [4.78, 5) is 0. The van der Waals surface area contributed by atoms with Gasteiger partial charge in [-0.2, -0.15) is 13.2 Å². The monoisotopic (exact) mass is 287 g/mol. The number of hydrogen-bond donors (Lipinski definition) is 2. The number of alkyl halides is 3. The minimum absolute atomic E-state index is 0.359. The Morgan fingerprint density at radius 2 is 1.85 bits per heavy atom. The van der Waals surface area contributed by atoms with Crippen LogP contribution in [0.4, 0.5) is 13.2 Å². The van der Waals surface area contributed by atoms with E-state index in [0.717, 1.165) is 18.7 Å². The Balaban J connectivity index is 1.82. The number of hydrogen-bond acceptors (Lipinski definition) is 2. The lowest BCUT2D eigenvalue weighted by atomic mass is 10.1. The first-order chi connectivity index (χ1) is 9.20. The number of nitrogens with one attached hydrogen (secondary N) is 1. The molecule has 2 unspecified atom stereocenters. The fourth-order valence-corrected chi connectivity index (χ4v) is 2.33. The van der Waals surface area contributed by atoms with Crippen LogP contribution in [-0.4, -0.2) is 18.2 Å². The summed E-state index contributed by atoms with van der Waals surface area (Å²) in [5.74, 6) is 0.627. The first-order valence-electron chi connectivity index (χ1n) is 6.76. The van der Waals surface area contributed by atoms with Crippen LogP contribution >= 0.6 is 0 Å². The lowest BCUT2D eigenvalue weighted by Crippen LogP contribution is -2.24. The minimum atomic E-state index is -4.33. The Morgan fingerprint density at radius 3 is 2.30 bits per heavy atom. The van der Waals surface area contributed by atoms with Crippen LogP contribution in [0.25, 0.3) is 0 Å². The van der Waals surface area contributed by atoms with Gasteiger partial charge in [0.1, 0.15) is 0 Å². The summed E-state index contributed by atoms with van der Waals surface area (Å²) in [7, 11) is 0. The van der Waals surface area contributed by atoms with Crippen LogP contribution in [0, 0.1) is 11.3 Å². The number of halogens is 3. The van der Waals surface area contributed by atoms with E-state index in [9.17, 15) is 18.3 Å². The lowest BCUT2D eigenvalue weighted by molar-refractivity contribution is -0.137. The van der Waals surface area contributed by atoms with Crippen molar-refractivity contribution in [2.75, 3.05) is 13.1 Å². The molecule has 20 heavy (non-hydrogen) atoms. The first-order valence-corrected chi connectivity index (χ1v) is 6.76. The van der Waals surface area contributed by atoms with Crippen LogP contribution in [0.1, 0.15) is 37.5 Å². The second-order valence-electron chi connectivity index (χ2n) is 6.18. The molecule has 0 radical (unpaired) electrons. The SMILES string of the molecule is CC1(C)CC1CNCC(O)c1ccc(C(F)(F)F)cc1. The molecule has 112 valence electrons. The topological polar surface area (TPSA) is 32.3 Å². The molecule has 2 rings (SSSR count). The molecule has 1 aliphatic rings. The zero-order valence-corrected chi connectivity index (χ0v) is 11.7.